The van der Waals surface area contributed by atoms with Gasteiger partial charge in [0.15, 0.2) is 0 Å². The molecule has 0 aliphatic rings. The second kappa shape index (κ2) is 8.85. The van der Waals surface area contributed by atoms with Crippen LogP contribution in [0.1, 0.15) is 11.4 Å². The largest absolute Gasteiger partial charge is 0.452 e. The van der Waals surface area contributed by atoms with E-state index < -0.39 is 15.9 Å². The van der Waals surface area contributed by atoms with Crippen LogP contribution in [0.4, 0.5) is 16.2 Å². The van der Waals surface area contributed by atoms with Gasteiger partial charge in [-0.1, -0.05) is 23.2 Å². The third kappa shape index (κ3) is 4.10. The number of nitrogens with one attached hydrogen (secondary N) is 1. The van der Waals surface area contributed by atoms with E-state index in [1.54, 1.807) is 25.1 Å². The van der Waals surface area contributed by atoms with Crippen molar-refractivity contribution in [2.24, 2.45) is 0 Å². The lowest BCUT2D eigenvalue weighted by atomic mass is 10.2. The average molecular weight is 479 g/mol. The lowest BCUT2D eigenvalue weighted by molar-refractivity contribution is -0.383. The maximum absolute atomic E-state index is 11.6. The van der Waals surface area contributed by atoms with Crippen molar-refractivity contribution in [2.45, 2.75) is 13.8 Å². The zero-order valence-electron chi connectivity index (χ0n) is 17.0. The number of hydrogen-bond donors (Lipinski definition) is 1. The fraction of sp³-hybridized carbons (Fsp3) is 0.150. The number of carbonyl (C=O) groups is 1. The van der Waals surface area contributed by atoms with E-state index in [1.165, 1.54) is 29.9 Å². The number of halogens is 2. The van der Waals surface area contributed by atoms with Gasteiger partial charge in [-0.05, 0) is 50.2 Å². The van der Waals surface area contributed by atoms with Gasteiger partial charge in [0.1, 0.15) is 10.0 Å². The van der Waals surface area contributed by atoms with Crippen molar-refractivity contribution < 1.29 is 19.4 Å². The number of nitrogens with zero attached hydrogens (tertiary/aromatic N) is 3. The summed E-state index contributed by atoms with van der Waals surface area (Å²) in [5, 5.41) is 22.8. The van der Waals surface area contributed by atoms with Crippen molar-refractivity contribution in [3.63, 3.8) is 0 Å². The molecule has 32 heavy (non-hydrogen) atoms. The van der Waals surface area contributed by atoms with Gasteiger partial charge >= 0.3 is 6.09 Å². The maximum atomic E-state index is 11.6. The molecule has 0 aliphatic carbocycles. The number of carbonyl (C=O) groups excluding carboxylic acids is 1. The van der Waals surface area contributed by atoms with Crippen LogP contribution in [-0.4, -0.2) is 32.6 Å². The summed E-state index contributed by atoms with van der Waals surface area (Å²) >= 11 is 11.6. The molecular weight excluding hydrogens is 463 g/mol. The van der Waals surface area contributed by atoms with E-state index in [9.17, 15) is 25.0 Å². The lowest BCUT2D eigenvalue weighted by Crippen LogP contribution is -2.12. The molecule has 0 atom stereocenters. The zero-order chi connectivity index (χ0) is 23.7. The molecule has 0 fully saturated rings. The first kappa shape index (κ1) is 23.0. The monoisotopic (exact) mass is 478 g/mol. The molecule has 0 bridgehead atoms. The number of aromatic amines is 1. The third-order valence-electron chi connectivity index (χ3n) is 4.67. The summed E-state index contributed by atoms with van der Waals surface area (Å²) in [4.78, 5) is 35.4. The molecular formula is C20H16Cl2N4O6. The summed E-state index contributed by atoms with van der Waals surface area (Å²) in [6, 6.07) is 9.46. The highest BCUT2D eigenvalue weighted by Crippen LogP contribution is 2.35. The maximum Gasteiger partial charge on any atom is 0.418 e. The van der Waals surface area contributed by atoms with Crippen molar-refractivity contribution >= 4 is 62.5 Å². The van der Waals surface area contributed by atoms with Crippen molar-refractivity contribution in [1.82, 2.24) is 9.55 Å². The minimum Gasteiger partial charge on any atom is -0.452 e. The number of nitro groups is 2. The summed E-state index contributed by atoms with van der Waals surface area (Å²) in [7, 11) is 1.25. The normalized spacial score (nSPS) is 10.7. The minimum absolute atomic E-state index is 0.0338. The zero-order valence-corrected chi connectivity index (χ0v) is 18.5. The summed E-state index contributed by atoms with van der Waals surface area (Å²) in [6.07, 6.45) is -0.598. The smallest absolute Gasteiger partial charge is 0.418 e. The summed E-state index contributed by atoms with van der Waals surface area (Å²) in [6.45, 7) is 3.51. The second-order valence-corrected chi connectivity index (χ2v) is 7.56. The predicted molar refractivity (Wildman–Crippen MR) is 121 cm³/mol. The van der Waals surface area contributed by atoms with Gasteiger partial charge in [-0.25, -0.2) is 9.36 Å². The molecule has 2 heterocycles. The topological polar surface area (TPSA) is 133 Å². The summed E-state index contributed by atoms with van der Waals surface area (Å²) in [5.41, 5.74) is 2.31. The molecule has 4 rings (SSSR count). The van der Waals surface area contributed by atoms with Crippen LogP contribution >= 0.6 is 23.2 Å². The molecule has 0 amide bonds. The molecule has 10 nitrogen and oxygen atoms in total. The molecule has 4 aromatic rings. The van der Waals surface area contributed by atoms with Crippen LogP contribution in [0, 0.1) is 34.1 Å². The molecule has 0 spiro atoms. The fourth-order valence-electron chi connectivity index (χ4n) is 3.38. The van der Waals surface area contributed by atoms with Crippen LogP contribution in [-0.2, 0) is 4.74 Å². The predicted octanol–water partition coefficient (Wildman–Crippen LogP) is 6.16. The Bertz CT molecular complexity index is 1390. The molecule has 0 unspecified atom stereocenters. The number of H-pyrrole nitrogens is 1. The number of aromatic nitrogens is 2. The summed E-state index contributed by atoms with van der Waals surface area (Å²) in [5.74, 6) is 0. The molecule has 0 saturated heterocycles. The Kier molecular flexibility index (Phi) is 6.37. The van der Waals surface area contributed by atoms with E-state index in [-0.39, 0.29) is 21.4 Å². The highest BCUT2D eigenvalue weighted by Gasteiger charge is 2.23. The minimum atomic E-state index is -0.598. The van der Waals surface area contributed by atoms with Crippen LogP contribution in [0.2, 0.25) is 10.0 Å². The quantitative estimate of drug-likeness (QED) is 0.270. The van der Waals surface area contributed by atoms with Gasteiger partial charge in [0.2, 0.25) is 0 Å². The van der Waals surface area contributed by atoms with E-state index in [1.807, 2.05) is 6.92 Å². The second-order valence-electron chi connectivity index (χ2n) is 6.74. The van der Waals surface area contributed by atoms with Gasteiger partial charge in [0.25, 0.3) is 11.4 Å². The van der Waals surface area contributed by atoms with Gasteiger partial charge in [-0.2, -0.15) is 0 Å². The highest BCUT2D eigenvalue weighted by atomic mass is 35.5. The Labute approximate surface area is 190 Å². The molecule has 166 valence electrons. The van der Waals surface area contributed by atoms with Crippen molar-refractivity contribution in [1.29, 1.82) is 0 Å². The number of fused-ring (bicyclic) bond motifs is 2. The van der Waals surface area contributed by atoms with E-state index in [4.69, 9.17) is 23.2 Å². The SMILES string of the molecule is COC(=O)n1c(C)cc2c([N+](=O)[O-])c(Cl)ccc21.Cc1cc2c([N+](=O)[O-])c(Cl)ccc2[nH]1. The first-order valence-electron chi connectivity index (χ1n) is 9.02. The van der Waals surface area contributed by atoms with Crippen LogP contribution in [0.15, 0.2) is 36.4 Å². The lowest BCUT2D eigenvalue weighted by Gasteiger charge is -2.04. The third-order valence-corrected chi connectivity index (χ3v) is 5.28. The number of rotatable bonds is 2. The van der Waals surface area contributed by atoms with E-state index >= 15 is 0 Å². The Morgan fingerprint density at radius 2 is 1.53 bits per heavy atom. The first-order valence-corrected chi connectivity index (χ1v) is 9.77. The van der Waals surface area contributed by atoms with Gasteiger partial charge < -0.3 is 9.72 Å². The van der Waals surface area contributed by atoms with Gasteiger partial charge in [0.05, 0.1) is 38.8 Å². The number of ether oxygens (including phenoxy) is 1. The number of nitro benzene ring substituents is 2. The molecule has 2 aromatic carbocycles. The number of aryl methyl sites for hydroxylation is 2. The average Bonchev–Trinajstić information content (AvgIpc) is 3.25. The first-order chi connectivity index (χ1) is 15.1. The summed E-state index contributed by atoms with van der Waals surface area (Å²) < 4.78 is 5.90. The Morgan fingerprint density at radius 1 is 0.969 bits per heavy atom. The van der Waals surface area contributed by atoms with Gasteiger partial charge in [-0.15, -0.1) is 0 Å². The molecule has 0 saturated carbocycles. The number of hydrogen-bond acceptors (Lipinski definition) is 6. The van der Waals surface area contributed by atoms with Crippen molar-refractivity contribution in [3.05, 3.63) is 78.1 Å². The van der Waals surface area contributed by atoms with Crippen LogP contribution in [0.3, 0.4) is 0 Å². The van der Waals surface area contributed by atoms with Crippen LogP contribution in [0.25, 0.3) is 21.8 Å². The highest BCUT2D eigenvalue weighted by molar-refractivity contribution is 6.34. The molecule has 12 heteroatoms. The Hall–Kier alpha value is -3.63. The van der Waals surface area contributed by atoms with Crippen molar-refractivity contribution in [3.8, 4) is 0 Å². The molecule has 2 aromatic heterocycles. The number of methoxy groups -OCH3 is 1. The van der Waals surface area contributed by atoms with Crippen LogP contribution < -0.4 is 0 Å². The Balaban J connectivity index is 0.000000186. The molecule has 0 aliphatic heterocycles. The molecule has 0 radical (unpaired) electrons. The Morgan fingerprint density at radius 3 is 2.09 bits per heavy atom. The van der Waals surface area contributed by atoms with Gasteiger partial charge in [-0.3, -0.25) is 20.2 Å². The van der Waals surface area contributed by atoms with E-state index in [0.29, 0.717) is 22.0 Å². The fourth-order valence-corrected chi connectivity index (χ4v) is 3.85. The van der Waals surface area contributed by atoms with E-state index in [0.717, 1.165) is 11.2 Å². The van der Waals surface area contributed by atoms with Gasteiger partial charge in [0, 0.05) is 11.4 Å². The van der Waals surface area contributed by atoms with E-state index in [2.05, 4.69) is 9.72 Å². The van der Waals surface area contributed by atoms with Crippen LogP contribution in [0.5, 0.6) is 0 Å². The standard InChI is InChI=1S/C11H9ClN2O4.C9H7ClN2O2/c1-6-5-7-9(13(6)11(15)18-2)4-3-8(12)10(7)14(16)17;1-5-4-6-8(11-5)3-2-7(10)9(6)12(13)14/h3-5H,1-2H3;2-4,11H,1H3. The number of benzene rings is 2. The molecule has 1 N–H and O–H groups in total. The van der Waals surface area contributed by atoms with Crippen molar-refractivity contribution in [2.75, 3.05) is 7.11 Å².